The highest BCUT2D eigenvalue weighted by atomic mass is 79.9. The zero-order valence-corrected chi connectivity index (χ0v) is 13.3. The number of nitrogens with one attached hydrogen (secondary N) is 1. The minimum absolute atomic E-state index is 0.203. The molecule has 0 saturated heterocycles. The average Bonchev–Trinajstić information content (AvgIpc) is 2.54. The van der Waals surface area contributed by atoms with E-state index in [1.165, 1.54) is 5.69 Å². The van der Waals surface area contributed by atoms with E-state index in [1.54, 1.807) is 7.11 Å². The molecule has 4 nitrogen and oxygen atoms in total. The van der Waals surface area contributed by atoms with Crippen molar-refractivity contribution < 1.29 is 4.74 Å². The molecule has 5 heteroatoms. The summed E-state index contributed by atoms with van der Waals surface area (Å²) in [5, 5.41) is 8.02. The van der Waals surface area contributed by atoms with Crippen LogP contribution in [-0.2, 0) is 18.3 Å². The van der Waals surface area contributed by atoms with Crippen molar-refractivity contribution >= 4 is 15.9 Å². The first-order valence-corrected chi connectivity index (χ1v) is 7.11. The van der Waals surface area contributed by atoms with Crippen molar-refractivity contribution in [1.82, 2.24) is 15.1 Å². The fraction of sp³-hybridized carbons (Fsp3) is 0.769. The van der Waals surface area contributed by atoms with Gasteiger partial charge in [-0.15, -0.1) is 0 Å². The van der Waals surface area contributed by atoms with Crippen LogP contribution in [-0.4, -0.2) is 29.0 Å². The largest absolute Gasteiger partial charge is 0.381 e. The van der Waals surface area contributed by atoms with Crippen LogP contribution in [0, 0.1) is 12.3 Å². The fourth-order valence-electron chi connectivity index (χ4n) is 2.72. The van der Waals surface area contributed by atoms with Crippen LogP contribution in [0.2, 0.25) is 0 Å². The summed E-state index contributed by atoms with van der Waals surface area (Å²) >= 11 is 3.60. The highest BCUT2D eigenvalue weighted by Crippen LogP contribution is 2.42. The summed E-state index contributed by atoms with van der Waals surface area (Å²) in [4.78, 5) is 0. The Hall–Kier alpha value is -0.390. The van der Waals surface area contributed by atoms with Gasteiger partial charge in [0.25, 0.3) is 0 Å². The van der Waals surface area contributed by atoms with Gasteiger partial charge in [-0.3, -0.25) is 4.68 Å². The lowest BCUT2D eigenvalue weighted by molar-refractivity contribution is -0.0980. The predicted molar refractivity (Wildman–Crippen MR) is 75.5 cm³/mol. The topological polar surface area (TPSA) is 39.1 Å². The Balaban J connectivity index is 1.97. The van der Waals surface area contributed by atoms with E-state index in [4.69, 9.17) is 4.74 Å². The van der Waals surface area contributed by atoms with Crippen molar-refractivity contribution in [3.05, 3.63) is 15.9 Å². The first-order valence-electron chi connectivity index (χ1n) is 6.32. The van der Waals surface area contributed by atoms with Crippen LogP contribution in [0.1, 0.15) is 31.7 Å². The van der Waals surface area contributed by atoms with Crippen molar-refractivity contribution in [1.29, 1.82) is 0 Å². The van der Waals surface area contributed by atoms with Crippen LogP contribution in [0.4, 0.5) is 0 Å². The van der Waals surface area contributed by atoms with Gasteiger partial charge < -0.3 is 10.1 Å². The van der Waals surface area contributed by atoms with Gasteiger partial charge in [0.2, 0.25) is 0 Å². The Morgan fingerprint density at radius 3 is 2.67 bits per heavy atom. The van der Waals surface area contributed by atoms with Gasteiger partial charge in [-0.1, -0.05) is 13.8 Å². The lowest BCUT2D eigenvalue weighted by Gasteiger charge is -2.51. The first kappa shape index (κ1) is 14.0. The molecule has 0 aromatic carbocycles. The molecule has 2 rings (SSSR count). The summed E-state index contributed by atoms with van der Waals surface area (Å²) in [5.41, 5.74) is 2.44. The highest BCUT2D eigenvalue weighted by Gasteiger charge is 2.48. The van der Waals surface area contributed by atoms with E-state index in [0.29, 0.717) is 12.1 Å². The Morgan fingerprint density at radius 1 is 1.56 bits per heavy atom. The predicted octanol–water partition coefficient (Wildman–Crippen LogP) is 2.39. The van der Waals surface area contributed by atoms with Gasteiger partial charge >= 0.3 is 0 Å². The maximum atomic E-state index is 5.47. The minimum Gasteiger partial charge on any atom is -0.381 e. The Morgan fingerprint density at radius 2 is 2.22 bits per heavy atom. The van der Waals surface area contributed by atoms with Gasteiger partial charge in [0.05, 0.1) is 22.0 Å². The zero-order valence-electron chi connectivity index (χ0n) is 11.7. The summed E-state index contributed by atoms with van der Waals surface area (Å²) < 4.78 is 8.51. The van der Waals surface area contributed by atoms with Gasteiger partial charge in [-0.2, -0.15) is 5.10 Å². The summed E-state index contributed by atoms with van der Waals surface area (Å²) in [7, 11) is 3.78. The molecule has 1 aliphatic carbocycles. The highest BCUT2D eigenvalue weighted by molar-refractivity contribution is 9.10. The van der Waals surface area contributed by atoms with Crippen LogP contribution >= 0.6 is 15.9 Å². The third-order valence-electron chi connectivity index (χ3n) is 4.24. The van der Waals surface area contributed by atoms with E-state index in [1.807, 2.05) is 18.7 Å². The standard InChI is InChI=1S/C13H22BrN3O/c1-8-12(14)9(17(4)16-8)7-15-10-6-11(18-5)13(10,2)3/h10-11,15H,6-7H2,1-5H3. The second kappa shape index (κ2) is 4.94. The molecular formula is C13H22BrN3O. The van der Waals surface area contributed by atoms with E-state index in [-0.39, 0.29) is 5.41 Å². The molecule has 1 fully saturated rings. The molecule has 1 aromatic rings. The maximum absolute atomic E-state index is 5.47. The molecule has 1 aliphatic rings. The van der Waals surface area contributed by atoms with Crippen molar-refractivity contribution in [2.24, 2.45) is 12.5 Å². The smallest absolute Gasteiger partial charge is 0.0739 e. The Kier molecular flexibility index (Phi) is 3.85. The summed E-state index contributed by atoms with van der Waals surface area (Å²) in [5.74, 6) is 0. The molecular weight excluding hydrogens is 294 g/mol. The lowest BCUT2D eigenvalue weighted by atomic mass is 9.64. The van der Waals surface area contributed by atoms with Gasteiger partial charge in [0, 0.05) is 32.2 Å². The molecule has 0 spiro atoms. The molecule has 1 N–H and O–H groups in total. The van der Waals surface area contributed by atoms with Crippen molar-refractivity contribution in [2.75, 3.05) is 7.11 Å². The van der Waals surface area contributed by atoms with Gasteiger partial charge in [-0.05, 0) is 29.3 Å². The maximum Gasteiger partial charge on any atom is 0.0739 e. The molecule has 102 valence electrons. The molecule has 0 amide bonds. The molecule has 0 radical (unpaired) electrons. The average molecular weight is 316 g/mol. The molecule has 1 aromatic heterocycles. The van der Waals surface area contributed by atoms with Crippen LogP contribution in [0.15, 0.2) is 4.47 Å². The SMILES string of the molecule is COC1CC(NCc2c(Br)c(C)nn2C)C1(C)C. The van der Waals surface area contributed by atoms with Gasteiger partial charge in [0.1, 0.15) is 0 Å². The van der Waals surface area contributed by atoms with E-state index < -0.39 is 0 Å². The normalized spacial score (nSPS) is 26.1. The second-order valence-corrected chi connectivity index (χ2v) is 6.48. The minimum atomic E-state index is 0.203. The van der Waals surface area contributed by atoms with Crippen LogP contribution < -0.4 is 5.32 Å². The lowest BCUT2D eigenvalue weighted by Crippen LogP contribution is -2.60. The number of hydrogen-bond donors (Lipinski definition) is 1. The van der Waals surface area contributed by atoms with Crippen molar-refractivity contribution in [3.63, 3.8) is 0 Å². The van der Waals surface area contributed by atoms with Crippen LogP contribution in [0.3, 0.4) is 0 Å². The number of aromatic nitrogens is 2. The second-order valence-electron chi connectivity index (χ2n) is 5.68. The monoisotopic (exact) mass is 315 g/mol. The number of ether oxygens (including phenoxy) is 1. The first-order chi connectivity index (χ1) is 8.37. The number of nitrogens with zero attached hydrogens (tertiary/aromatic N) is 2. The summed E-state index contributed by atoms with van der Waals surface area (Å²) in [6.07, 6.45) is 1.45. The summed E-state index contributed by atoms with van der Waals surface area (Å²) in [6, 6.07) is 0.504. The van der Waals surface area contributed by atoms with E-state index in [9.17, 15) is 0 Å². The number of aryl methyl sites for hydroxylation is 2. The van der Waals surface area contributed by atoms with Gasteiger partial charge in [-0.25, -0.2) is 0 Å². The molecule has 0 aliphatic heterocycles. The summed E-state index contributed by atoms with van der Waals surface area (Å²) in [6.45, 7) is 7.36. The quantitative estimate of drug-likeness (QED) is 0.927. The Labute approximate surface area is 117 Å². The third-order valence-corrected chi connectivity index (χ3v) is 5.27. The Bertz CT molecular complexity index is 442. The van der Waals surface area contributed by atoms with Crippen molar-refractivity contribution in [3.8, 4) is 0 Å². The van der Waals surface area contributed by atoms with Crippen LogP contribution in [0.5, 0.6) is 0 Å². The van der Waals surface area contributed by atoms with Crippen LogP contribution in [0.25, 0.3) is 0 Å². The number of hydrogen-bond acceptors (Lipinski definition) is 3. The van der Waals surface area contributed by atoms with Gasteiger partial charge in [0.15, 0.2) is 0 Å². The zero-order chi connectivity index (χ0) is 13.5. The number of rotatable bonds is 4. The molecule has 2 atom stereocenters. The number of halogens is 1. The third kappa shape index (κ3) is 2.24. The molecule has 1 heterocycles. The van der Waals surface area contributed by atoms with Crippen molar-refractivity contribution in [2.45, 2.75) is 45.9 Å². The molecule has 1 saturated carbocycles. The molecule has 0 bridgehead atoms. The fourth-order valence-corrected chi connectivity index (χ4v) is 3.20. The molecule has 18 heavy (non-hydrogen) atoms. The van der Waals surface area contributed by atoms with E-state index in [2.05, 4.69) is 40.2 Å². The van der Waals surface area contributed by atoms with E-state index >= 15 is 0 Å². The molecule has 2 unspecified atom stereocenters. The van der Waals surface area contributed by atoms with E-state index in [0.717, 1.165) is 23.1 Å². The number of methoxy groups -OCH3 is 1.